The first-order chi connectivity index (χ1) is 15.6. The van der Waals surface area contributed by atoms with Crippen LogP contribution < -0.4 is 9.46 Å². The molecule has 2 heterocycles. The molecule has 2 rings (SSSR count). The molecule has 12 heteroatoms. The van der Waals surface area contributed by atoms with Gasteiger partial charge in [-0.15, -0.1) is 0 Å². The molecule has 0 aromatic carbocycles. The number of aromatic nitrogens is 2. The summed E-state index contributed by atoms with van der Waals surface area (Å²) in [6.07, 6.45) is 5.88. The molecule has 0 aliphatic heterocycles. The van der Waals surface area contributed by atoms with Gasteiger partial charge >= 0.3 is 5.03 Å². The summed E-state index contributed by atoms with van der Waals surface area (Å²) < 4.78 is 54.8. The van der Waals surface area contributed by atoms with E-state index in [-0.39, 0.29) is 27.8 Å². The van der Waals surface area contributed by atoms with Gasteiger partial charge in [0.25, 0.3) is 0 Å². The molecule has 0 aliphatic carbocycles. The van der Waals surface area contributed by atoms with Gasteiger partial charge in [-0.3, -0.25) is 0 Å². The van der Waals surface area contributed by atoms with Gasteiger partial charge < -0.3 is 20.3 Å². The number of sulfone groups is 2. The van der Waals surface area contributed by atoms with Crippen molar-refractivity contribution in [3.63, 3.8) is 0 Å². The van der Waals surface area contributed by atoms with Gasteiger partial charge in [0.05, 0.1) is 11.5 Å². The third kappa shape index (κ3) is 9.24. The molecule has 1 unspecified atom stereocenters. The van der Waals surface area contributed by atoms with E-state index in [1.54, 1.807) is 0 Å². The summed E-state index contributed by atoms with van der Waals surface area (Å²) >= 11 is 0. The molecular weight excluding hydrogens is 472 g/mol. The Hall–Kier alpha value is -2.28. The Balaban J connectivity index is 1.54. The molecule has 0 saturated carbocycles. The molecule has 10 nitrogen and oxygen atoms in total. The Kier molecular flexibility index (Phi) is 10.5. The van der Waals surface area contributed by atoms with Crippen LogP contribution in [0.2, 0.25) is 0 Å². The second kappa shape index (κ2) is 12.8. The number of nitrogens with zero attached hydrogens (tertiary/aromatic N) is 2. The van der Waals surface area contributed by atoms with Crippen LogP contribution in [-0.4, -0.2) is 46.3 Å². The number of aliphatic hydroxyl groups is 1. The lowest BCUT2D eigenvalue weighted by molar-refractivity contribution is -0.646. The van der Waals surface area contributed by atoms with Crippen molar-refractivity contribution in [2.45, 2.75) is 61.2 Å². The first-order valence-corrected chi connectivity index (χ1v) is 14.0. The lowest BCUT2D eigenvalue weighted by atomic mass is 10.2. The molecule has 0 radical (unpaired) electrons. The first kappa shape index (κ1) is 27.0. The van der Waals surface area contributed by atoms with Crippen LogP contribution in [0.3, 0.4) is 0 Å². The summed E-state index contributed by atoms with van der Waals surface area (Å²) in [6.45, 7) is 0.307. The standard InChI is InChI=1S/C21H30N2O8S2/c24-21(12-4-8-17-33(29,30)20-11-3-5-14-23(20)26)31-15-6-1-2-7-16-32(27,28)19-10-9-13-22(25)18-19/h3,5,9-11,13-14,18,21,24H,1-2,4,6-8,12,15-17H2. The average Bonchev–Trinajstić information content (AvgIpc) is 2.76. The van der Waals surface area contributed by atoms with Crippen LogP contribution in [0.25, 0.3) is 0 Å². The van der Waals surface area contributed by atoms with Crippen LogP contribution in [0.4, 0.5) is 0 Å². The predicted octanol–water partition coefficient (Wildman–Crippen LogP) is 1.27. The fourth-order valence-corrected chi connectivity index (χ4v) is 5.94. The molecule has 184 valence electrons. The van der Waals surface area contributed by atoms with E-state index in [0.29, 0.717) is 48.2 Å². The van der Waals surface area contributed by atoms with E-state index in [1.165, 1.54) is 36.5 Å². The minimum absolute atomic E-state index is 0.00949. The highest BCUT2D eigenvalue weighted by molar-refractivity contribution is 7.91. The van der Waals surface area contributed by atoms with Gasteiger partial charge in [0.2, 0.25) is 9.84 Å². The van der Waals surface area contributed by atoms with Crippen LogP contribution in [0.15, 0.2) is 58.8 Å². The van der Waals surface area contributed by atoms with Gasteiger partial charge in [-0.25, -0.2) is 16.8 Å². The lowest BCUT2D eigenvalue weighted by Crippen LogP contribution is -2.34. The SMILES string of the molecule is O=S(=O)(CCCCCCOC(O)CCCCS(=O)(=O)c1cccc[n+]1[O-])c1ccc[n+]([O-])c1. The largest absolute Gasteiger partial charge is 0.619 e. The minimum atomic E-state index is -3.68. The zero-order chi connectivity index (χ0) is 24.3. The van der Waals surface area contributed by atoms with Crippen LogP contribution in [0, 0.1) is 10.4 Å². The second-order valence-corrected chi connectivity index (χ2v) is 11.8. The highest BCUT2D eigenvalue weighted by Gasteiger charge is 2.22. The Morgan fingerprint density at radius 2 is 1.55 bits per heavy atom. The maximum atomic E-state index is 12.2. The zero-order valence-corrected chi connectivity index (χ0v) is 19.9. The number of unbranched alkanes of at least 4 members (excludes halogenated alkanes) is 4. The lowest BCUT2D eigenvalue weighted by Gasteiger charge is -2.12. The van der Waals surface area contributed by atoms with E-state index in [2.05, 4.69) is 0 Å². The molecule has 0 fully saturated rings. The maximum absolute atomic E-state index is 12.2. The molecule has 0 saturated heterocycles. The van der Waals surface area contributed by atoms with Crippen molar-refractivity contribution in [2.24, 2.45) is 0 Å². The molecular formula is C21H30N2O8S2. The summed E-state index contributed by atoms with van der Waals surface area (Å²) in [6, 6.07) is 7.00. The molecule has 1 N–H and O–H groups in total. The molecule has 2 aromatic heterocycles. The quantitative estimate of drug-likeness (QED) is 0.165. The fraction of sp³-hybridized carbons (Fsp3) is 0.524. The highest BCUT2D eigenvalue weighted by atomic mass is 32.2. The summed E-state index contributed by atoms with van der Waals surface area (Å²) in [4.78, 5) is 0.00949. The van der Waals surface area contributed by atoms with Crippen molar-refractivity contribution in [3.8, 4) is 0 Å². The van der Waals surface area contributed by atoms with Gasteiger partial charge in [-0.2, -0.15) is 9.46 Å². The molecule has 0 bridgehead atoms. The molecule has 2 aromatic rings. The number of rotatable bonds is 15. The van der Waals surface area contributed by atoms with Crippen molar-refractivity contribution in [1.82, 2.24) is 0 Å². The number of hydrogen-bond donors (Lipinski definition) is 1. The Morgan fingerprint density at radius 1 is 0.848 bits per heavy atom. The molecule has 0 spiro atoms. The van der Waals surface area contributed by atoms with Gasteiger partial charge in [0, 0.05) is 24.8 Å². The van der Waals surface area contributed by atoms with E-state index in [4.69, 9.17) is 4.74 Å². The maximum Gasteiger partial charge on any atom is 0.308 e. The Bertz CT molecular complexity index is 1090. The first-order valence-electron chi connectivity index (χ1n) is 10.7. The Labute approximate surface area is 194 Å². The molecule has 33 heavy (non-hydrogen) atoms. The normalized spacial score (nSPS) is 13.1. The molecule has 0 amide bonds. The Morgan fingerprint density at radius 3 is 2.27 bits per heavy atom. The summed E-state index contributed by atoms with van der Waals surface area (Å²) in [7, 11) is -7.17. The number of hydrogen-bond acceptors (Lipinski definition) is 8. The fourth-order valence-electron chi connectivity index (χ4n) is 3.16. The van der Waals surface area contributed by atoms with Gasteiger partial charge in [0.15, 0.2) is 34.7 Å². The van der Waals surface area contributed by atoms with E-state index in [1.807, 2.05) is 0 Å². The van der Waals surface area contributed by atoms with Crippen LogP contribution >= 0.6 is 0 Å². The monoisotopic (exact) mass is 502 g/mol. The second-order valence-electron chi connectivity index (χ2n) is 7.64. The summed E-state index contributed by atoms with van der Waals surface area (Å²) in [5.74, 6) is -0.231. The van der Waals surface area contributed by atoms with Gasteiger partial charge in [-0.1, -0.05) is 12.8 Å². The average molecular weight is 503 g/mol. The van der Waals surface area contributed by atoms with Gasteiger partial charge in [0.1, 0.15) is 4.90 Å². The van der Waals surface area contributed by atoms with E-state index in [9.17, 15) is 32.4 Å². The summed E-state index contributed by atoms with van der Waals surface area (Å²) in [5.41, 5.74) is 0. The molecule has 0 aliphatic rings. The number of aliphatic hydroxyl groups excluding tert-OH is 1. The van der Waals surface area contributed by atoms with Crippen LogP contribution in [0.5, 0.6) is 0 Å². The van der Waals surface area contributed by atoms with E-state index < -0.39 is 26.0 Å². The molecule has 1 atom stereocenters. The van der Waals surface area contributed by atoms with Crippen LogP contribution in [0.1, 0.15) is 44.9 Å². The topological polar surface area (TPSA) is 152 Å². The smallest absolute Gasteiger partial charge is 0.308 e. The van der Waals surface area contributed by atoms with Crippen LogP contribution in [-0.2, 0) is 24.4 Å². The number of ether oxygens (including phenoxy) is 1. The van der Waals surface area contributed by atoms with Crippen molar-refractivity contribution in [1.29, 1.82) is 0 Å². The summed E-state index contributed by atoms with van der Waals surface area (Å²) in [5, 5.41) is 32.4. The van der Waals surface area contributed by atoms with E-state index >= 15 is 0 Å². The highest BCUT2D eigenvalue weighted by Crippen LogP contribution is 2.13. The third-order valence-corrected chi connectivity index (χ3v) is 8.51. The van der Waals surface area contributed by atoms with Crippen molar-refractivity contribution >= 4 is 19.7 Å². The van der Waals surface area contributed by atoms with Crippen molar-refractivity contribution in [2.75, 3.05) is 18.1 Å². The minimum Gasteiger partial charge on any atom is -0.619 e. The third-order valence-electron chi connectivity index (χ3n) is 4.95. The van der Waals surface area contributed by atoms with E-state index in [0.717, 1.165) is 18.8 Å². The zero-order valence-electron chi connectivity index (χ0n) is 18.3. The van der Waals surface area contributed by atoms with Gasteiger partial charge in [-0.05, 0) is 44.2 Å². The number of pyridine rings is 2. The van der Waals surface area contributed by atoms with Crippen molar-refractivity contribution < 1.29 is 36.1 Å². The predicted molar refractivity (Wildman–Crippen MR) is 119 cm³/mol. The van der Waals surface area contributed by atoms with Crippen molar-refractivity contribution in [3.05, 3.63) is 59.3 Å².